The van der Waals surface area contributed by atoms with Crippen molar-refractivity contribution in [1.82, 2.24) is 4.90 Å². The van der Waals surface area contributed by atoms with Crippen LogP contribution in [0, 0.1) is 5.82 Å². The van der Waals surface area contributed by atoms with Crippen LogP contribution < -0.4 is 9.47 Å². The SMILES string of the molecule is CCOc1cc(/C=C2\SC(=O)N(Cc3ccccc3)C2=O)ccc1OCc1ccccc1F. The summed E-state index contributed by atoms with van der Waals surface area (Å²) < 4.78 is 25.4. The molecule has 0 aromatic heterocycles. The molecule has 3 aromatic carbocycles. The van der Waals surface area contributed by atoms with Gasteiger partial charge in [0.25, 0.3) is 11.1 Å². The number of amides is 2. The fourth-order valence-corrected chi connectivity index (χ4v) is 4.16. The van der Waals surface area contributed by atoms with Crippen LogP contribution in [0.15, 0.2) is 77.7 Å². The van der Waals surface area contributed by atoms with Crippen LogP contribution in [-0.2, 0) is 17.9 Å². The Kier molecular flexibility index (Phi) is 7.10. The van der Waals surface area contributed by atoms with Crippen molar-refractivity contribution in [1.29, 1.82) is 0 Å². The predicted molar refractivity (Wildman–Crippen MR) is 126 cm³/mol. The smallest absolute Gasteiger partial charge is 0.293 e. The van der Waals surface area contributed by atoms with E-state index in [4.69, 9.17) is 9.47 Å². The van der Waals surface area contributed by atoms with Crippen molar-refractivity contribution in [2.45, 2.75) is 20.1 Å². The van der Waals surface area contributed by atoms with E-state index in [1.165, 1.54) is 11.0 Å². The molecule has 0 unspecified atom stereocenters. The van der Waals surface area contributed by atoms with Gasteiger partial charge >= 0.3 is 0 Å². The molecule has 0 atom stereocenters. The number of thioether (sulfide) groups is 1. The molecule has 0 aliphatic carbocycles. The van der Waals surface area contributed by atoms with Gasteiger partial charge in [-0.1, -0.05) is 54.6 Å². The number of rotatable bonds is 8. The van der Waals surface area contributed by atoms with Gasteiger partial charge in [0.2, 0.25) is 0 Å². The topological polar surface area (TPSA) is 55.8 Å². The summed E-state index contributed by atoms with van der Waals surface area (Å²) in [5.41, 5.74) is 2.02. The molecule has 1 fully saturated rings. The van der Waals surface area contributed by atoms with Crippen LogP contribution in [-0.4, -0.2) is 22.7 Å². The third kappa shape index (κ3) is 5.43. The number of hydrogen-bond donors (Lipinski definition) is 0. The fourth-order valence-electron chi connectivity index (χ4n) is 3.33. The fraction of sp³-hybridized carbons (Fsp3) is 0.154. The quantitative estimate of drug-likeness (QED) is 0.381. The molecule has 0 N–H and O–H groups in total. The summed E-state index contributed by atoms with van der Waals surface area (Å²) in [5.74, 6) is 0.283. The lowest BCUT2D eigenvalue weighted by Gasteiger charge is -2.13. The minimum atomic E-state index is -0.335. The maximum absolute atomic E-state index is 13.9. The van der Waals surface area contributed by atoms with Gasteiger partial charge in [0, 0.05) is 5.56 Å². The standard InChI is InChI=1S/C26H22FNO4S/c1-2-31-23-14-19(12-13-22(23)32-17-20-10-6-7-11-21(20)27)15-24-25(29)28(26(30)33-24)16-18-8-4-3-5-9-18/h3-15H,2,16-17H2,1H3/b24-15-. The van der Waals surface area contributed by atoms with Gasteiger partial charge in [0.15, 0.2) is 11.5 Å². The van der Waals surface area contributed by atoms with Gasteiger partial charge in [-0.3, -0.25) is 14.5 Å². The normalized spacial score (nSPS) is 14.7. The van der Waals surface area contributed by atoms with E-state index in [2.05, 4.69) is 0 Å². The van der Waals surface area contributed by atoms with Crippen molar-refractivity contribution in [3.63, 3.8) is 0 Å². The first kappa shape index (κ1) is 22.6. The summed E-state index contributed by atoms with van der Waals surface area (Å²) in [5, 5.41) is -0.301. The summed E-state index contributed by atoms with van der Waals surface area (Å²) in [6.45, 7) is 2.55. The maximum atomic E-state index is 13.9. The van der Waals surface area contributed by atoms with Crippen LogP contribution in [0.2, 0.25) is 0 Å². The minimum absolute atomic E-state index is 0.0600. The Bertz CT molecular complexity index is 1200. The molecule has 0 radical (unpaired) electrons. The third-order valence-corrected chi connectivity index (χ3v) is 5.87. The summed E-state index contributed by atoms with van der Waals surface area (Å²) in [7, 11) is 0. The summed E-state index contributed by atoms with van der Waals surface area (Å²) in [6, 6.07) is 21.0. The molecule has 5 nitrogen and oxygen atoms in total. The van der Waals surface area contributed by atoms with E-state index >= 15 is 0 Å². The van der Waals surface area contributed by atoms with E-state index in [9.17, 15) is 14.0 Å². The van der Waals surface area contributed by atoms with Crippen LogP contribution in [0.1, 0.15) is 23.6 Å². The van der Waals surface area contributed by atoms with E-state index in [1.54, 1.807) is 42.5 Å². The Morgan fingerprint density at radius 3 is 2.45 bits per heavy atom. The van der Waals surface area contributed by atoms with Gasteiger partial charge in [-0.2, -0.15) is 0 Å². The summed E-state index contributed by atoms with van der Waals surface area (Å²) in [4.78, 5) is 26.8. The molecule has 0 saturated carbocycles. The van der Waals surface area contributed by atoms with E-state index in [0.29, 0.717) is 34.1 Å². The van der Waals surface area contributed by atoms with Gasteiger partial charge in [-0.15, -0.1) is 0 Å². The van der Waals surface area contributed by atoms with E-state index in [1.807, 2.05) is 37.3 Å². The highest BCUT2D eigenvalue weighted by molar-refractivity contribution is 8.18. The number of imide groups is 1. The molecule has 2 amide bonds. The Balaban J connectivity index is 1.51. The van der Waals surface area contributed by atoms with Crippen molar-refractivity contribution in [2.24, 2.45) is 0 Å². The lowest BCUT2D eigenvalue weighted by Crippen LogP contribution is -2.27. The first-order valence-electron chi connectivity index (χ1n) is 10.5. The Hall–Kier alpha value is -3.58. The molecule has 0 spiro atoms. The molecule has 1 saturated heterocycles. The molecule has 1 aliphatic heterocycles. The zero-order valence-electron chi connectivity index (χ0n) is 18.0. The molecule has 0 bridgehead atoms. The minimum Gasteiger partial charge on any atom is -0.490 e. The molecule has 7 heteroatoms. The van der Waals surface area contributed by atoms with Crippen LogP contribution in [0.4, 0.5) is 9.18 Å². The zero-order chi connectivity index (χ0) is 23.2. The Labute approximate surface area is 195 Å². The largest absolute Gasteiger partial charge is 0.490 e. The molecule has 1 heterocycles. The van der Waals surface area contributed by atoms with Crippen molar-refractivity contribution in [3.05, 3.63) is 100 Å². The van der Waals surface area contributed by atoms with Gasteiger partial charge < -0.3 is 9.47 Å². The molecule has 33 heavy (non-hydrogen) atoms. The van der Waals surface area contributed by atoms with E-state index in [-0.39, 0.29) is 30.1 Å². The van der Waals surface area contributed by atoms with Crippen LogP contribution in [0.3, 0.4) is 0 Å². The highest BCUT2D eigenvalue weighted by Gasteiger charge is 2.35. The highest BCUT2D eigenvalue weighted by atomic mass is 32.2. The second-order valence-electron chi connectivity index (χ2n) is 7.27. The zero-order valence-corrected chi connectivity index (χ0v) is 18.8. The maximum Gasteiger partial charge on any atom is 0.293 e. The molecular weight excluding hydrogens is 441 g/mol. The molecular formula is C26H22FNO4S. The molecule has 1 aliphatic rings. The number of carbonyl (C=O) groups excluding carboxylic acids is 2. The number of carbonyl (C=O) groups is 2. The second kappa shape index (κ2) is 10.4. The average molecular weight is 464 g/mol. The number of benzene rings is 3. The van der Waals surface area contributed by atoms with Gasteiger partial charge in [0.1, 0.15) is 12.4 Å². The first-order valence-corrected chi connectivity index (χ1v) is 11.3. The Morgan fingerprint density at radius 1 is 0.939 bits per heavy atom. The van der Waals surface area contributed by atoms with E-state index < -0.39 is 0 Å². The predicted octanol–water partition coefficient (Wildman–Crippen LogP) is 6.04. The van der Waals surface area contributed by atoms with Crippen LogP contribution >= 0.6 is 11.8 Å². The number of ether oxygens (including phenoxy) is 2. The van der Waals surface area contributed by atoms with Gasteiger partial charge in [-0.25, -0.2) is 4.39 Å². The van der Waals surface area contributed by atoms with Crippen molar-refractivity contribution in [3.8, 4) is 11.5 Å². The lowest BCUT2D eigenvalue weighted by molar-refractivity contribution is -0.123. The van der Waals surface area contributed by atoms with Crippen molar-refractivity contribution >= 4 is 29.0 Å². The Morgan fingerprint density at radius 2 is 1.70 bits per heavy atom. The lowest BCUT2D eigenvalue weighted by atomic mass is 10.1. The van der Waals surface area contributed by atoms with Crippen molar-refractivity contribution in [2.75, 3.05) is 6.61 Å². The highest BCUT2D eigenvalue weighted by Crippen LogP contribution is 2.35. The second-order valence-corrected chi connectivity index (χ2v) is 8.27. The number of halogens is 1. The number of hydrogen-bond acceptors (Lipinski definition) is 5. The average Bonchev–Trinajstić information content (AvgIpc) is 3.08. The third-order valence-electron chi connectivity index (χ3n) is 4.96. The first-order chi connectivity index (χ1) is 16.0. The van der Waals surface area contributed by atoms with Crippen molar-refractivity contribution < 1.29 is 23.5 Å². The summed E-state index contributed by atoms with van der Waals surface area (Å²) in [6.07, 6.45) is 1.67. The van der Waals surface area contributed by atoms with Crippen LogP contribution in [0.5, 0.6) is 11.5 Å². The molecule has 3 aromatic rings. The van der Waals surface area contributed by atoms with Gasteiger partial charge in [0.05, 0.1) is 18.1 Å². The summed E-state index contributed by atoms with van der Waals surface area (Å²) >= 11 is 0.913. The van der Waals surface area contributed by atoms with Gasteiger partial charge in [-0.05, 0) is 54.1 Å². The number of nitrogens with zero attached hydrogens (tertiary/aromatic N) is 1. The van der Waals surface area contributed by atoms with Crippen LogP contribution in [0.25, 0.3) is 6.08 Å². The molecule has 4 rings (SSSR count). The molecule has 168 valence electrons. The van der Waals surface area contributed by atoms with E-state index in [0.717, 1.165) is 17.3 Å². The monoisotopic (exact) mass is 463 g/mol.